The van der Waals surface area contributed by atoms with Crippen molar-refractivity contribution in [2.75, 3.05) is 38.8 Å². The van der Waals surface area contributed by atoms with Gasteiger partial charge in [0.05, 0.1) is 13.2 Å². The van der Waals surface area contributed by atoms with E-state index in [-0.39, 0.29) is 24.1 Å². The van der Waals surface area contributed by atoms with Crippen molar-refractivity contribution >= 4 is 11.6 Å². The SMILES string of the molecule is COC(CN(C(=O)C(F)(F)F)c1ccc(F)c(OCCC2CCCCN2)c1)OC. The molecule has 0 bridgehead atoms. The Morgan fingerprint density at radius 3 is 2.59 bits per heavy atom. The molecule has 1 unspecified atom stereocenters. The molecule has 0 aromatic heterocycles. The monoisotopic (exact) mass is 422 g/mol. The van der Waals surface area contributed by atoms with Crippen molar-refractivity contribution in [1.82, 2.24) is 5.32 Å². The molecule has 1 aliphatic rings. The Bertz CT molecular complexity index is 662. The minimum Gasteiger partial charge on any atom is -0.490 e. The van der Waals surface area contributed by atoms with Crippen molar-refractivity contribution in [1.29, 1.82) is 0 Å². The topological polar surface area (TPSA) is 60.0 Å². The Morgan fingerprint density at radius 2 is 2.00 bits per heavy atom. The molecule has 0 saturated carbocycles. The van der Waals surface area contributed by atoms with Gasteiger partial charge < -0.3 is 19.5 Å². The second-order valence-electron chi connectivity index (χ2n) is 6.71. The summed E-state index contributed by atoms with van der Waals surface area (Å²) in [6.45, 7) is 0.593. The van der Waals surface area contributed by atoms with Gasteiger partial charge in [-0.05, 0) is 37.9 Å². The van der Waals surface area contributed by atoms with E-state index in [4.69, 9.17) is 14.2 Å². The first-order chi connectivity index (χ1) is 13.8. The van der Waals surface area contributed by atoms with Gasteiger partial charge in [0.2, 0.25) is 0 Å². The van der Waals surface area contributed by atoms with Crippen molar-refractivity contribution in [2.45, 2.75) is 44.2 Å². The summed E-state index contributed by atoms with van der Waals surface area (Å²) in [7, 11) is 2.48. The lowest BCUT2D eigenvalue weighted by Crippen LogP contribution is -2.45. The Morgan fingerprint density at radius 1 is 1.28 bits per heavy atom. The number of carbonyl (C=O) groups is 1. The first-order valence-corrected chi connectivity index (χ1v) is 9.36. The molecule has 6 nitrogen and oxygen atoms in total. The third kappa shape index (κ3) is 6.83. The summed E-state index contributed by atoms with van der Waals surface area (Å²) < 4.78 is 68.5. The number of methoxy groups -OCH3 is 2. The number of hydrogen-bond acceptors (Lipinski definition) is 5. The minimum atomic E-state index is -5.12. The van der Waals surface area contributed by atoms with Crippen LogP contribution in [0.15, 0.2) is 18.2 Å². The number of halogens is 4. The molecule has 0 aliphatic carbocycles. The quantitative estimate of drug-likeness (QED) is 0.489. The van der Waals surface area contributed by atoms with Crippen molar-refractivity contribution in [3.8, 4) is 5.75 Å². The fraction of sp³-hybridized carbons (Fsp3) is 0.632. The van der Waals surface area contributed by atoms with Crippen LogP contribution in [0.5, 0.6) is 5.75 Å². The largest absolute Gasteiger partial charge is 0.490 e. The number of alkyl halides is 3. The highest BCUT2D eigenvalue weighted by Gasteiger charge is 2.44. The number of hydrogen-bond donors (Lipinski definition) is 1. The maximum atomic E-state index is 14.1. The fourth-order valence-electron chi connectivity index (χ4n) is 3.11. The number of carbonyl (C=O) groups excluding carboxylic acids is 1. The van der Waals surface area contributed by atoms with Gasteiger partial charge in [-0.1, -0.05) is 6.42 Å². The fourth-order valence-corrected chi connectivity index (χ4v) is 3.11. The standard InChI is InChI=1S/C19H26F4N2O4/c1-27-17(28-2)12-25(18(26)19(21,22)23)14-6-7-15(20)16(11-14)29-10-8-13-5-3-4-9-24-13/h6-7,11,13,17,24H,3-5,8-10,12H2,1-2H3. The van der Waals surface area contributed by atoms with Gasteiger partial charge in [-0.15, -0.1) is 0 Å². The number of benzene rings is 1. The van der Waals surface area contributed by atoms with Crippen LogP contribution in [0, 0.1) is 5.82 Å². The Labute approximate surface area is 167 Å². The van der Waals surface area contributed by atoms with Crippen LogP contribution in [-0.2, 0) is 14.3 Å². The average Bonchev–Trinajstić information content (AvgIpc) is 2.70. The maximum absolute atomic E-state index is 14.1. The highest BCUT2D eigenvalue weighted by molar-refractivity contribution is 5.97. The summed E-state index contributed by atoms with van der Waals surface area (Å²) in [4.78, 5) is 12.3. The number of anilines is 1. The number of amides is 1. The lowest BCUT2D eigenvalue weighted by Gasteiger charge is -2.27. The van der Waals surface area contributed by atoms with E-state index in [1.165, 1.54) is 14.2 Å². The van der Waals surface area contributed by atoms with Crippen LogP contribution in [-0.4, -0.2) is 58.3 Å². The van der Waals surface area contributed by atoms with Crippen molar-refractivity contribution < 1.29 is 36.6 Å². The Hall–Kier alpha value is -1.91. The zero-order chi connectivity index (χ0) is 21.4. The molecule has 164 valence electrons. The van der Waals surface area contributed by atoms with Gasteiger partial charge in [-0.25, -0.2) is 4.39 Å². The number of nitrogens with one attached hydrogen (secondary N) is 1. The molecule has 0 spiro atoms. The van der Waals surface area contributed by atoms with Gasteiger partial charge in [-0.3, -0.25) is 9.69 Å². The van der Waals surface area contributed by atoms with E-state index in [1.807, 2.05) is 0 Å². The van der Waals surface area contributed by atoms with Gasteiger partial charge in [0.1, 0.15) is 0 Å². The number of ether oxygens (including phenoxy) is 3. The normalized spacial score (nSPS) is 17.4. The molecule has 10 heteroatoms. The van der Waals surface area contributed by atoms with Crippen LogP contribution in [0.3, 0.4) is 0 Å². The highest BCUT2D eigenvalue weighted by atomic mass is 19.4. The molecule has 1 amide bonds. The molecule has 29 heavy (non-hydrogen) atoms. The third-order valence-electron chi connectivity index (χ3n) is 4.71. The van der Waals surface area contributed by atoms with Gasteiger partial charge in [0.25, 0.3) is 0 Å². The Kier molecular flexibility index (Phi) is 8.66. The third-order valence-corrected chi connectivity index (χ3v) is 4.71. The summed E-state index contributed by atoms with van der Waals surface area (Å²) in [5, 5.41) is 3.34. The first-order valence-electron chi connectivity index (χ1n) is 9.36. The van der Waals surface area contributed by atoms with E-state index in [0.29, 0.717) is 11.3 Å². The van der Waals surface area contributed by atoms with Gasteiger partial charge in [0, 0.05) is 32.0 Å². The van der Waals surface area contributed by atoms with E-state index in [0.717, 1.165) is 44.0 Å². The van der Waals surface area contributed by atoms with E-state index >= 15 is 0 Å². The van der Waals surface area contributed by atoms with Gasteiger partial charge in [0.15, 0.2) is 17.9 Å². The van der Waals surface area contributed by atoms with Crippen LogP contribution >= 0.6 is 0 Å². The molecule has 0 radical (unpaired) electrons. The number of piperidine rings is 1. The molecular formula is C19H26F4N2O4. The molecule has 1 heterocycles. The van der Waals surface area contributed by atoms with Crippen molar-refractivity contribution in [3.05, 3.63) is 24.0 Å². The van der Waals surface area contributed by atoms with Gasteiger partial charge >= 0.3 is 12.1 Å². The second-order valence-corrected chi connectivity index (χ2v) is 6.71. The molecule has 2 rings (SSSR count). The zero-order valence-corrected chi connectivity index (χ0v) is 16.4. The van der Waals surface area contributed by atoms with Crippen LogP contribution in [0.25, 0.3) is 0 Å². The zero-order valence-electron chi connectivity index (χ0n) is 16.4. The van der Waals surface area contributed by atoms with E-state index < -0.39 is 30.7 Å². The summed E-state index contributed by atoms with van der Waals surface area (Å²) >= 11 is 0. The predicted octanol–water partition coefficient (Wildman–Crippen LogP) is 3.25. The van der Waals surface area contributed by atoms with E-state index in [9.17, 15) is 22.4 Å². The molecule has 1 fully saturated rings. The summed E-state index contributed by atoms with van der Waals surface area (Å²) in [5.41, 5.74) is -0.168. The van der Waals surface area contributed by atoms with E-state index in [2.05, 4.69) is 5.32 Å². The minimum absolute atomic E-state index is 0.168. The van der Waals surface area contributed by atoms with Crippen molar-refractivity contribution in [3.63, 3.8) is 0 Å². The van der Waals surface area contributed by atoms with Crippen molar-refractivity contribution in [2.24, 2.45) is 0 Å². The molecular weight excluding hydrogens is 396 g/mol. The van der Waals surface area contributed by atoms with Crippen LogP contribution < -0.4 is 15.0 Å². The second kappa shape index (κ2) is 10.7. The summed E-state index contributed by atoms with van der Waals surface area (Å²) in [5.74, 6) is -3.05. The molecule has 1 N–H and O–H groups in total. The lowest BCUT2D eigenvalue weighted by molar-refractivity contribution is -0.172. The molecule has 1 aromatic rings. The molecule has 1 saturated heterocycles. The molecule has 1 aromatic carbocycles. The highest BCUT2D eigenvalue weighted by Crippen LogP contribution is 2.29. The average molecular weight is 422 g/mol. The van der Waals surface area contributed by atoms with Crippen LogP contribution in [0.1, 0.15) is 25.7 Å². The maximum Gasteiger partial charge on any atom is 0.471 e. The summed E-state index contributed by atoms with van der Waals surface area (Å²) in [6, 6.07) is 3.39. The predicted molar refractivity (Wildman–Crippen MR) is 98.4 cm³/mol. The number of nitrogens with zero attached hydrogens (tertiary/aromatic N) is 1. The first kappa shape index (κ1) is 23.4. The molecule has 1 atom stereocenters. The smallest absolute Gasteiger partial charge is 0.471 e. The lowest BCUT2D eigenvalue weighted by atomic mass is 10.0. The van der Waals surface area contributed by atoms with Crippen LogP contribution in [0.2, 0.25) is 0 Å². The van der Waals surface area contributed by atoms with Crippen LogP contribution in [0.4, 0.5) is 23.2 Å². The molecule has 1 aliphatic heterocycles. The summed E-state index contributed by atoms with van der Waals surface area (Å²) in [6.07, 6.45) is -2.35. The Balaban J connectivity index is 2.15. The van der Waals surface area contributed by atoms with Gasteiger partial charge in [-0.2, -0.15) is 13.2 Å². The number of rotatable bonds is 9. The van der Waals surface area contributed by atoms with E-state index in [1.54, 1.807) is 0 Å².